The van der Waals surface area contributed by atoms with Crippen molar-refractivity contribution >= 4 is 18.0 Å². The van der Waals surface area contributed by atoms with Crippen molar-refractivity contribution in [1.29, 1.82) is 0 Å². The quantitative estimate of drug-likeness (QED) is 0.497. The summed E-state index contributed by atoms with van der Waals surface area (Å²) in [7, 11) is 0. The van der Waals surface area contributed by atoms with Crippen LogP contribution in [0.15, 0.2) is 30.3 Å². The maximum atomic E-state index is 11.6. The smallest absolute Gasteiger partial charge is 0.421 e. The van der Waals surface area contributed by atoms with Gasteiger partial charge in [0.15, 0.2) is 0 Å². The molecule has 0 aromatic heterocycles. The summed E-state index contributed by atoms with van der Waals surface area (Å²) in [4.78, 5) is 33.9. The van der Waals surface area contributed by atoms with E-state index >= 15 is 0 Å². The van der Waals surface area contributed by atoms with Crippen LogP contribution < -0.4 is 16.6 Å². The van der Waals surface area contributed by atoms with E-state index in [1.54, 1.807) is 19.1 Å². The summed E-state index contributed by atoms with van der Waals surface area (Å²) in [6.45, 7) is 1.76. The maximum Gasteiger partial charge on any atom is 0.421 e. The summed E-state index contributed by atoms with van der Waals surface area (Å²) in [6.07, 6.45) is -0.470. The highest BCUT2D eigenvalue weighted by atomic mass is 16.6. The highest BCUT2D eigenvalue weighted by Crippen LogP contribution is 2.11. The average Bonchev–Trinajstić information content (AvgIpc) is 2.53. The Labute approximate surface area is 134 Å². The number of nitrogens with one attached hydrogen (secondary N) is 2. The number of hydrogen-bond donors (Lipinski definition) is 4. The van der Waals surface area contributed by atoms with Gasteiger partial charge in [-0.1, -0.05) is 37.3 Å². The fourth-order valence-corrected chi connectivity index (χ4v) is 1.88. The standard InChI is InChI=1S/C15H21N3O5/c1-2-11(14(20)21)8-12(13(16)19)17-18-15(22)23-9-10-6-4-3-5-7-10/h3-7,11-12,17H,2,8-9H2,1H3,(H2,16,19)(H,18,22)(H,20,21)/t11?,12-/m0/s1. The molecule has 0 fully saturated rings. The predicted molar refractivity (Wildman–Crippen MR) is 81.9 cm³/mol. The summed E-state index contributed by atoms with van der Waals surface area (Å²) in [6, 6.07) is 8.07. The molecule has 0 aliphatic heterocycles. The van der Waals surface area contributed by atoms with E-state index < -0.39 is 29.9 Å². The van der Waals surface area contributed by atoms with Gasteiger partial charge in [-0.2, -0.15) is 0 Å². The molecule has 0 heterocycles. The molecule has 0 spiro atoms. The first-order chi connectivity index (χ1) is 10.9. The minimum Gasteiger partial charge on any atom is -0.481 e. The number of aliphatic carboxylic acids is 1. The van der Waals surface area contributed by atoms with Crippen LogP contribution in [0.1, 0.15) is 25.3 Å². The maximum absolute atomic E-state index is 11.6. The number of primary amides is 1. The summed E-state index contributed by atoms with van der Waals surface area (Å²) in [5.74, 6) is -2.51. The molecule has 0 saturated carbocycles. The summed E-state index contributed by atoms with van der Waals surface area (Å²) in [5, 5.41) is 9.00. The zero-order valence-corrected chi connectivity index (χ0v) is 12.8. The normalized spacial score (nSPS) is 12.9. The van der Waals surface area contributed by atoms with Crippen LogP contribution in [0.4, 0.5) is 4.79 Å². The molecule has 126 valence electrons. The molecule has 1 unspecified atom stereocenters. The fraction of sp³-hybridized carbons (Fsp3) is 0.400. The van der Waals surface area contributed by atoms with Crippen molar-refractivity contribution in [3.05, 3.63) is 35.9 Å². The number of carboxylic acid groups (broad SMARTS) is 1. The predicted octanol–water partition coefficient (Wildman–Crippen LogP) is 0.772. The van der Waals surface area contributed by atoms with Gasteiger partial charge in [-0.05, 0) is 18.4 Å². The molecule has 8 nitrogen and oxygen atoms in total. The van der Waals surface area contributed by atoms with Gasteiger partial charge < -0.3 is 15.6 Å². The largest absolute Gasteiger partial charge is 0.481 e. The highest BCUT2D eigenvalue weighted by molar-refractivity contribution is 5.81. The lowest BCUT2D eigenvalue weighted by molar-refractivity contribution is -0.142. The van der Waals surface area contributed by atoms with Gasteiger partial charge in [-0.25, -0.2) is 10.2 Å². The number of ether oxygens (including phenoxy) is 1. The second-order valence-electron chi connectivity index (χ2n) is 4.97. The van der Waals surface area contributed by atoms with Crippen LogP contribution in [0.3, 0.4) is 0 Å². The Morgan fingerprint density at radius 3 is 2.43 bits per heavy atom. The zero-order chi connectivity index (χ0) is 17.2. The van der Waals surface area contributed by atoms with E-state index in [1.165, 1.54) is 0 Å². The van der Waals surface area contributed by atoms with E-state index in [9.17, 15) is 14.4 Å². The molecule has 0 bridgehead atoms. The van der Waals surface area contributed by atoms with Crippen LogP contribution in [0.5, 0.6) is 0 Å². The molecule has 1 aromatic carbocycles. The lowest BCUT2D eigenvalue weighted by Gasteiger charge is -2.19. The van der Waals surface area contributed by atoms with Crippen LogP contribution in [-0.4, -0.2) is 29.1 Å². The monoisotopic (exact) mass is 323 g/mol. The number of hydrazine groups is 1. The molecule has 2 atom stereocenters. The third-order valence-corrected chi connectivity index (χ3v) is 3.27. The van der Waals surface area contributed by atoms with Crippen molar-refractivity contribution in [3.63, 3.8) is 0 Å². The van der Waals surface area contributed by atoms with Gasteiger partial charge in [-0.15, -0.1) is 0 Å². The Bertz CT molecular complexity index is 535. The SMILES string of the molecule is CCC(C[C@H](NNC(=O)OCc1ccccc1)C(N)=O)C(=O)O. The molecule has 23 heavy (non-hydrogen) atoms. The van der Waals surface area contributed by atoms with E-state index in [0.29, 0.717) is 6.42 Å². The average molecular weight is 323 g/mol. The van der Waals surface area contributed by atoms with Crippen molar-refractivity contribution in [2.24, 2.45) is 11.7 Å². The molecule has 0 saturated heterocycles. The van der Waals surface area contributed by atoms with E-state index in [0.717, 1.165) is 5.56 Å². The molecule has 0 aliphatic carbocycles. The van der Waals surface area contributed by atoms with Gasteiger partial charge in [0.1, 0.15) is 12.6 Å². The zero-order valence-electron chi connectivity index (χ0n) is 12.8. The Kier molecular flexibility index (Phi) is 7.55. The van der Waals surface area contributed by atoms with Gasteiger partial charge in [0.05, 0.1) is 5.92 Å². The van der Waals surface area contributed by atoms with Gasteiger partial charge in [0, 0.05) is 0 Å². The van der Waals surface area contributed by atoms with Crippen molar-refractivity contribution in [2.75, 3.05) is 0 Å². The summed E-state index contributed by atoms with van der Waals surface area (Å²) < 4.78 is 4.96. The Morgan fingerprint density at radius 1 is 1.26 bits per heavy atom. The molecule has 8 heteroatoms. The molecule has 1 aromatic rings. The van der Waals surface area contributed by atoms with Crippen LogP contribution >= 0.6 is 0 Å². The van der Waals surface area contributed by atoms with Gasteiger partial charge in [0.2, 0.25) is 5.91 Å². The van der Waals surface area contributed by atoms with E-state index in [-0.39, 0.29) is 13.0 Å². The van der Waals surface area contributed by atoms with Crippen molar-refractivity contribution < 1.29 is 24.2 Å². The van der Waals surface area contributed by atoms with E-state index in [1.807, 2.05) is 18.2 Å². The minimum atomic E-state index is -1.02. The molecular weight excluding hydrogens is 302 g/mol. The summed E-state index contributed by atoms with van der Waals surface area (Å²) in [5.41, 5.74) is 10.6. The summed E-state index contributed by atoms with van der Waals surface area (Å²) >= 11 is 0. The lowest BCUT2D eigenvalue weighted by Crippen LogP contribution is -2.51. The molecular formula is C15H21N3O5. The number of nitrogens with two attached hydrogens (primary N) is 1. The lowest BCUT2D eigenvalue weighted by atomic mass is 9.97. The first kappa shape index (κ1) is 18.4. The third-order valence-electron chi connectivity index (χ3n) is 3.27. The molecule has 0 aliphatic rings. The van der Waals surface area contributed by atoms with Crippen LogP contribution in [0, 0.1) is 5.92 Å². The van der Waals surface area contributed by atoms with Crippen LogP contribution in [-0.2, 0) is 20.9 Å². The minimum absolute atomic E-state index is 0.0276. The highest BCUT2D eigenvalue weighted by Gasteiger charge is 2.25. The van der Waals surface area contributed by atoms with Crippen molar-refractivity contribution in [3.8, 4) is 0 Å². The van der Waals surface area contributed by atoms with Crippen LogP contribution in [0.2, 0.25) is 0 Å². The molecule has 1 rings (SSSR count). The molecule has 2 amide bonds. The number of carbonyl (C=O) groups excluding carboxylic acids is 2. The number of carbonyl (C=O) groups is 3. The van der Waals surface area contributed by atoms with Crippen molar-refractivity contribution in [1.82, 2.24) is 10.9 Å². The second-order valence-corrected chi connectivity index (χ2v) is 4.97. The number of benzene rings is 1. The molecule has 0 radical (unpaired) electrons. The van der Waals surface area contributed by atoms with E-state index in [2.05, 4.69) is 10.9 Å². The second kappa shape index (κ2) is 9.42. The first-order valence-electron chi connectivity index (χ1n) is 7.18. The number of hydrogen-bond acceptors (Lipinski definition) is 5. The fourth-order valence-electron chi connectivity index (χ4n) is 1.88. The Hall–Kier alpha value is -2.61. The topological polar surface area (TPSA) is 131 Å². The van der Waals surface area contributed by atoms with Gasteiger partial charge in [-0.3, -0.25) is 15.0 Å². The number of carboxylic acids is 1. The Morgan fingerprint density at radius 2 is 1.91 bits per heavy atom. The van der Waals surface area contributed by atoms with Gasteiger partial charge >= 0.3 is 12.1 Å². The van der Waals surface area contributed by atoms with Gasteiger partial charge in [0.25, 0.3) is 0 Å². The van der Waals surface area contributed by atoms with Crippen LogP contribution in [0.25, 0.3) is 0 Å². The molecule has 5 N–H and O–H groups in total. The Balaban J connectivity index is 2.43. The van der Waals surface area contributed by atoms with E-state index in [4.69, 9.17) is 15.6 Å². The third kappa shape index (κ3) is 6.79. The number of rotatable bonds is 9. The van der Waals surface area contributed by atoms with Crippen molar-refractivity contribution in [2.45, 2.75) is 32.4 Å². The first-order valence-corrected chi connectivity index (χ1v) is 7.18. The number of amides is 2.